The molecule has 6 heteroatoms. The summed E-state index contributed by atoms with van der Waals surface area (Å²) in [5.74, 6) is 0. The molecule has 0 spiro atoms. The summed E-state index contributed by atoms with van der Waals surface area (Å²) in [5, 5.41) is -5.00. The van der Waals surface area contributed by atoms with Gasteiger partial charge in [-0.3, -0.25) is 0 Å². The van der Waals surface area contributed by atoms with Crippen molar-refractivity contribution in [1.82, 2.24) is 0 Å². The van der Waals surface area contributed by atoms with E-state index in [9.17, 15) is 17.9 Å². The molecule has 0 N–H and O–H groups in total. The molecule has 0 saturated carbocycles. The first-order chi connectivity index (χ1) is 2.00. The average Bonchev–Trinajstić information content (AvgIpc) is 0.722. The summed E-state index contributed by atoms with van der Waals surface area (Å²) in [6.45, 7) is 0. The van der Waals surface area contributed by atoms with Crippen LogP contribution in [0.3, 0.4) is 0 Å². The Bertz CT molecular complexity index is 23.0. The third-order valence-electron chi connectivity index (χ3n) is 0. The number of hydrogen-bond donors (Lipinski definition) is 0. The summed E-state index contributed by atoms with van der Waals surface area (Å²) < 4.78 is 38.5. The van der Waals surface area contributed by atoms with Crippen molar-refractivity contribution in [2.24, 2.45) is 0 Å². The molecule has 0 radical (unpaired) electrons. The largest absolute Gasteiger partial charge is 3.00 e. The van der Waals surface area contributed by atoms with E-state index in [2.05, 4.69) is 0 Å². The molecule has 0 rings (SSSR count). The number of halogens is 4. The zero-order valence-electron chi connectivity index (χ0n) is 2.26. The SMILES string of the molecule is F[N+](F)(F)F.[Cu+3]. The smallest absolute Gasteiger partial charge is 0.140 e. The standard InChI is InChI=1S/Cu.F4N/c;1-5(2,3)4/q+3;+1. The summed E-state index contributed by atoms with van der Waals surface area (Å²) >= 11 is 0. The summed E-state index contributed by atoms with van der Waals surface area (Å²) in [4.78, 5) is 0. The average molecular weight is 154 g/mol. The molecule has 0 fully saturated rings. The molecule has 0 unspecified atom stereocenters. The van der Waals surface area contributed by atoms with Crippen LogP contribution in [0.15, 0.2) is 0 Å². The van der Waals surface area contributed by atoms with E-state index >= 15 is 0 Å². The Morgan fingerprint density at radius 2 is 0.833 bits per heavy atom. The molecule has 0 bridgehead atoms. The maximum atomic E-state index is 9.62. The molecular weight excluding hydrogens is 154 g/mol. The molecular formula is CuF4N+4. The number of rotatable bonds is 0. The van der Waals surface area contributed by atoms with E-state index in [0.29, 0.717) is 0 Å². The first-order valence-corrected chi connectivity index (χ1v) is 0.676. The van der Waals surface area contributed by atoms with Crippen molar-refractivity contribution in [3.05, 3.63) is 0 Å². The topological polar surface area (TPSA) is 0 Å². The van der Waals surface area contributed by atoms with Gasteiger partial charge in [-0.25, -0.2) is 0 Å². The van der Waals surface area contributed by atoms with Gasteiger partial charge < -0.3 is 0 Å². The van der Waals surface area contributed by atoms with Gasteiger partial charge in [0.2, 0.25) is 0 Å². The third-order valence-corrected chi connectivity index (χ3v) is 0. The van der Waals surface area contributed by atoms with Gasteiger partial charge in [-0.1, -0.05) is 0 Å². The molecule has 40 valence electrons. The molecule has 0 amide bonds. The van der Waals surface area contributed by atoms with Crippen molar-refractivity contribution >= 4 is 0 Å². The van der Waals surface area contributed by atoms with Crippen LogP contribution in [0.2, 0.25) is 0 Å². The second-order valence-corrected chi connectivity index (χ2v) is 0.383. The van der Waals surface area contributed by atoms with Gasteiger partial charge in [0.15, 0.2) is 0 Å². The fourth-order valence-corrected chi connectivity index (χ4v) is 0. The van der Waals surface area contributed by atoms with Crippen LogP contribution in [0, 0.1) is 0 Å². The van der Waals surface area contributed by atoms with E-state index in [1.807, 2.05) is 0 Å². The van der Waals surface area contributed by atoms with Gasteiger partial charge in [0.05, 0.1) is 0 Å². The predicted molar refractivity (Wildman–Crippen MR) is 4.69 cm³/mol. The molecule has 0 heterocycles. The zero-order valence-corrected chi connectivity index (χ0v) is 3.20. The van der Waals surface area contributed by atoms with E-state index in [4.69, 9.17) is 0 Å². The Morgan fingerprint density at radius 1 is 0.833 bits per heavy atom. The Labute approximate surface area is 41.3 Å². The Balaban J connectivity index is 0. The summed E-state index contributed by atoms with van der Waals surface area (Å²) in [5.41, 5.74) is 0. The van der Waals surface area contributed by atoms with Crippen molar-refractivity contribution in [1.29, 1.82) is 0 Å². The minimum absolute atomic E-state index is 0. The van der Waals surface area contributed by atoms with Crippen LogP contribution >= 0.6 is 0 Å². The summed E-state index contributed by atoms with van der Waals surface area (Å²) in [7, 11) is 0. The van der Waals surface area contributed by atoms with Crippen molar-refractivity contribution in [2.45, 2.75) is 0 Å². The molecule has 0 saturated heterocycles. The van der Waals surface area contributed by atoms with Gasteiger partial charge in [0.25, 0.3) is 0 Å². The van der Waals surface area contributed by atoms with Crippen molar-refractivity contribution in [2.75, 3.05) is 0 Å². The number of hydrogen-bond acceptors (Lipinski definition) is 0. The minimum atomic E-state index is -5.00. The fraction of sp³-hybridized carbons (Fsp3) is 0. The Morgan fingerprint density at radius 3 is 0.833 bits per heavy atom. The molecule has 0 aromatic rings. The van der Waals surface area contributed by atoms with Crippen molar-refractivity contribution in [3.8, 4) is 0 Å². The van der Waals surface area contributed by atoms with Gasteiger partial charge in [-0.15, -0.1) is 0 Å². The van der Waals surface area contributed by atoms with E-state index in [1.165, 1.54) is 0 Å². The monoisotopic (exact) mass is 153 g/mol. The van der Waals surface area contributed by atoms with Crippen LogP contribution in [0.4, 0.5) is 17.9 Å². The van der Waals surface area contributed by atoms with Crippen LogP contribution in [-0.2, 0) is 17.1 Å². The van der Waals surface area contributed by atoms with Gasteiger partial charge in [-0.05, 0) is 0 Å². The third kappa shape index (κ3) is 1080. The second kappa shape index (κ2) is 2.39. The number of nitrogens with zero attached hydrogens (tertiary/aromatic N) is 1. The maximum Gasteiger partial charge on any atom is 3.00 e. The van der Waals surface area contributed by atoms with Gasteiger partial charge >= 0.3 is 22.4 Å². The van der Waals surface area contributed by atoms with Crippen molar-refractivity contribution in [3.63, 3.8) is 0 Å². The van der Waals surface area contributed by atoms with Gasteiger partial charge in [0, 0.05) is 0 Å². The van der Waals surface area contributed by atoms with Gasteiger partial charge in [0.1, 0.15) is 17.9 Å². The molecule has 6 heavy (non-hydrogen) atoms. The first-order valence-electron chi connectivity index (χ1n) is 0.676. The van der Waals surface area contributed by atoms with Gasteiger partial charge in [-0.2, -0.15) is 0 Å². The second-order valence-electron chi connectivity index (χ2n) is 0.383. The molecule has 0 atom stereocenters. The fourth-order valence-electron chi connectivity index (χ4n) is 0. The van der Waals surface area contributed by atoms with E-state index in [1.54, 1.807) is 0 Å². The Hall–Kier alpha value is 0.199. The summed E-state index contributed by atoms with van der Waals surface area (Å²) in [6, 6.07) is 0. The van der Waals surface area contributed by atoms with Crippen LogP contribution in [-0.4, -0.2) is 5.37 Å². The molecule has 0 aliphatic rings. The zero-order chi connectivity index (χ0) is 4.50. The quantitative estimate of drug-likeness (QED) is 0.280. The Kier molecular flexibility index (Phi) is 3.78. The maximum absolute atomic E-state index is 9.62. The van der Waals surface area contributed by atoms with Crippen LogP contribution < -0.4 is 0 Å². The van der Waals surface area contributed by atoms with Crippen molar-refractivity contribution < 1.29 is 40.4 Å². The molecule has 0 aliphatic carbocycles. The molecule has 0 aromatic carbocycles. The van der Waals surface area contributed by atoms with E-state index < -0.39 is 5.37 Å². The molecule has 0 aromatic heterocycles. The minimum Gasteiger partial charge on any atom is 0.140 e. The van der Waals surface area contributed by atoms with Crippen LogP contribution in [0.1, 0.15) is 0 Å². The van der Waals surface area contributed by atoms with E-state index in [-0.39, 0.29) is 17.1 Å². The van der Waals surface area contributed by atoms with Crippen LogP contribution in [0.25, 0.3) is 0 Å². The molecule has 1 nitrogen and oxygen atoms in total. The molecule has 0 aliphatic heterocycles. The van der Waals surface area contributed by atoms with E-state index in [0.717, 1.165) is 0 Å². The summed E-state index contributed by atoms with van der Waals surface area (Å²) in [6.07, 6.45) is 0. The van der Waals surface area contributed by atoms with Crippen LogP contribution in [0.5, 0.6) is 0 Å². The predicted octanol–water partition coefficient (Wildman–Crippen LogP) is 1.34. The normalized spacial score (nSPS) is 10.0. The number of quaternary nitrogens is 1. The first kappa shape index (κ1) is 9.50.